The molecule has 4 nitrogen and oxygen atoms in total. The van der Waals surface area contributed by atoms with Crippen LogP contribution >= 0.6 is 0 Å². The van der Waals surface area contributed by atoms with Gasteiger partial charge in [-0.25, -0.2) is 0 Å². The van der Waals surface area contributed by atoms with Gasteiger partial charge in [0.1, 0.15) is 0 Å². The number of aryl methyl sites for hydroxylation is 2. The van der Waals surface area contributed by atoms with Crippen molar-refractivity contribution in [1.82, 2.24) is 10.6 Å². The van der Waals surface area contributed by atoms with Crippen LogP contribution in [0.15, 0.2) is 18.2 Å². The molecule has 1 amide bonds. The fourth-order valence-electron chi connectivity index (χ4n) is 4.01. The molecule has 2 rings (SSSR count). The van der Waals surface area contributed by atoms with Gasteiger partial charge in [0.25, 0.3) is 0 Å². The molecular weight excluding hydrogens is 312 g/mol. The highest BCUT2D eigenvalue weighted by Crippen LogP contribution is 2.28. The smallest absolute Gasteiger partial charge is 0.220 e. The molecule has 138 valence electrons. The monoisotopic (exact) mass is 344 g/mol. The van der Waals surface area contributed by atoms with Crippen molar-refractivity contribution in [1.29, 1.82) is 0 Å². The molecule has 0 spiro atoms. The Morgan fingerprint density at radius 3 is 2.20 bits per heavy atom. The molecular formula is C21H32N2O2. The average molecular weight is 344 g/mol. The summed E-state index contributed by atoms with van der Waals surface area (Å²) < 4.78 is 0. The summed E-state index contributed by atoms with van der Waals surface area (Å²) in [6.45, 7) is 12.7. The minimum atomic E-state index is -0.0318. The Labute approximate surface area is 151 Å². The van der Waals surface area contributed by atoms with Crippen LogP contribution in [0.5, 0.6) is 0 Å². The van der Waals surface area contributed by atoms with Crippen molar-refractivity contribution in [3.63, 3.8) is 0 Å². The number of benzene rings is 1. The number of hydrogen-bond acceptors (Lipinski definition) is 3. The van der Waals surface area contributed by atoms with Gasteiger partial charge in [-0.3, -0.25) is 9.59 Å². The number of carbonyl (C=O) groups is 2. The maximum absolute atomic E-state index is 12.3. The van der Waals surface area contributed by atoms with E-state index in [2.05, 4.69) is 38.3 Å². The highest BCUT2D eigenvalue weighted by Gasteiger charge is 2.38. The van der Waals surface area contributed by atoms with Crippen molar-refractivity contribution >= 4 is 11.7 Å². The minimum absolute atomic E-state index is 0.00502. The van der Waals surface area contributed by atoms with Crippen molar-refractivity contribution in [2.75, 3.05) is 0 Å². The standard InChI is InChI=1S/C21H32N2O2/c1-14-7-8-16(11-15(14)2)18(24)9-10-19(25)22-17-12-20(3,4)23-21(5,6)13-17/h7-8,11,17,23H,9-10,12-13H2,1-6H3,(H,22,25). The fourth-order valence-corrected chi connectivity index (χ4v) is 4.01. The van der Waals surface area contributed by atoms with E-state index in [0.29, 0.717) is 5.56 Å². The Morgan fingerprint density at radius 2 is 1.64 bits per heavy atom. The molecule has 1 aromatic rings. The molecule has 4 heteroatoms. The lowest BCUT2D eigenvalue weighted by molar-refractivity contribution is -0.122. The fraction of sp³-hybridized carbons (Fsp3) is 0.619. The lowest BCUT2D eigenvalue weighted by atomic mass is 9.79. The number of carbonyl (C=O) groups excluding carboxylic acids is 2. The molecule has 1 fully saturated rings. The van der Waals surface area contributed by atoms with Gasteiger partial charge in [0, 0.05) is 35.5 Å². The molecule has 0 unspecified atom stereocenters. The second kappa shape index (κ2) is 7.28. The van der Waals surface area contributed by atoms with Crippen LogP contribution in [-0.2, 0) is 4.79 Å². The van der Waals surface area contributed by atoms with E-state index in [0.717, 1.165) is 18.4 Å². The minimum Gasteiger partial charge on any atom is -0.353 e. The molecule has 1 aliphatic rings. The predicted molar refractivity (Wildman–Crippen MR) is 102 cm³/mol. The Balaban J connectivity index is 1.88. The number of piperidine rings is 1. The third-order valence-corrected chi connectivity index (χ3v) is 4.96. The van der Waals surface area contributed by atoms with E-state index in [1.165, 1.54) is 5.56 Å². The summed E-state index contributed by atoms with van der Waals surface area (Å²) >= 11 is 0. The number of amides is 1. The maximum Gasteiger partial charge on any atom is 0.220 e. The van der Waals surface area contributed by atoms with Gasteiger partial charge in [-0.1, -0.05) is 12.1 Å². The number of nitrogens with one attached hydrogen (secondary N) is 2. The number of rotatable bonds is 5. The Kier molecular flexibility index (Phi) is 5.72. The zero-order valence-electron chi connectivity index (χ0n) is 16.5. The van der Waals surface area contributed by atoms with Crippen molar-refractivity contribution in [3.8, 4) is 0 Å². The SMILES string of the molecule is Cc1ccc(C(=O)CCC(=O)NC2CC(C)(C)NC(C)(C)C2)cc1C. The van der Waals surface area contributed by atoms with Crippen LogP contribution in [-0.4, -0.2) is 28.8 Å². The second-order valence-corrected chi connectivity index (χ2v) is 8.79. The third-order valence-electron chi connectivity index (χ3n) is 4.96. The normalized spacial score (nSPS) is 19.4. The highest BCUT2D eigenvalue weighted by molar-refractivity contribution is 5.98. The van der Waals surface area contributed by atoms with Crippen LogP contribution in [0.25, 0.3) is 0 Å². The van der Waals surface area contributed by atoms with Crippen LogP contribution in [0, 0.1) is 13.8 Å². The first-order chi connectivity index (χ1) is 11.5. The quantitative estimate of drug-likeness (QED) is 0.801. The van der Waals surface area contributed by atoms with E-state index in [1.807, 2.05) is 32.0 Å². The van der Waals surface area contributed by atoms with E-state index in [4.69, 9.17) is 0 Å². The summed E-state index contributed by atoms with van der Waals surface area (Å²) in [5, 5.41) is 6.74. The van der Waals surface area contributed by atoms with Crippen LogP contribution < -0.4 is 10.6 Å². The molecule has 1 heterocycles. The molecule has 0 atom stereocenters. The van der Waals surface area contributed by atoms with E-state index in [9.17, 15) is 9.59 Å². The second-order valence-electron chi connectivity index (χ2n) is 8.79. The Bertz CT molecular complexity index is 646. The number of ketones is 1. The van der Waals surface area contributed by atoms with E-state index >= 15 is 0 Å². The molecule has 0 bridgehead atoms. The first-order valence-corrected chi connectivity index (χ1v) is 9.17. The first-order valence-electron chi connectivity index (χ1n) is 9.17. The van der Waals surface area contributed by atoms with Crippen molar-refractivity contribution in [2.24, 2.45) is 0 Å². The molecule has 1 aromatic carbocycles. The van der Waals surface area contributed by atoms with Crippen molar-refractivity contribution < 1.29 is 9.59 Å². The first kappa shape index (κ1) is 19.6. The number of hydrogen-bond donors (Lipinski definition) is 2. The summed E-state index contributed by atoms with van der Waals surface area (Å²) in [5.74, 6) is -0.0000887. The topological polar surface area (TPSA) is 58.2 Å². The Hall–Kier alpha value is -1.68. The highest BCUT2D eigenvalue weighted by atomic mass is 16.2. The molecule has 25 heavy (non-hydrogen) atoms. The Morgan fingerprint density at radius 1 is 1.04 bits per heavy atom. The van der Waals surface area contributed by atoms with Gasteiger partial charge in [-0.05, 0) is 71.6 Å². The van der Waals surface area contributed by atoms with E-state index in [1.54, 1.807) is 0 Å². The molecule has 2 N–H and O–H groups in total. The summed E-state index contributed by atoms with van der Waals surface area (Å²) in [7, 11) is 0. The summed E-state index contributed by atoms with van der Waals surface area (Å²) in [4.78, 5) is 24.6. The largest absolute Gasteiger partial charge is 0.353 e. The molecule has 1 saturated heterocycles. The zero-order valence-corrected chi connectivity index (χ0v) is 16.5. The van der Waals surface area contributed by atoms with Crippen molar-refractivity contribution in [2.45, 2.75) is 84.3 Å². The van der Waals surface area contributed by atoms with Crippen LogP contribution in [0.1, 0.15) is 74.9 Å². The van der Waals surface area contributed by atoms with Gasteiger partial charge in [0.05, 0.1) is 0 Å². The van der Waals surface area contributed by atoms with Crippen LogP contribution in [0.3, 0.4) is 0 Å². The molecule has 0 aromatic heterocycles. The van der Waals surface area contributed by atoms with Gasteiger partial charge in [-0.15, -0.1) is 0 Å². The zero-order chi connectivity index (χ0) is 18.8. The van der Waals surface area contributed by atoms with Gasteiger partial charge in [-0.2, -0.15) is 0 Å². The van der Waals surface area contributed by atoms with Gasteiger partial charge in [0.2, 0.25) is 5.91 Å². The summed E-state index contributed by atoms with van der Waals surface area (Å²) in [6, 6.07) is 5.87. The lowest BCUT2D eigenvalue weighted by Crippen LogP contribution is -2.62. The molecule has 1 aliphatic heterocycles. The molecule has 0 radical (unpaired) electrons. The predicted octanol–water partition coefficient (Wildman–Crippen LogP) is 3.69. The van der Waals surface area contributed by atoms with E-state index < -0.39 is 0 Å². The van der Waals surface area contributed by atoms with Gasteiger partial charge in [0.15, 0.2) is 5.78 Å². The summed E-state index contributed by atoms with van der Waals surface area (Å²) in [5.41, 5.74) is 2.96. The van der Waals surface area contributed by atoms with Gasteiger partial charge < -0.3 is 10.6 Å². The number of Topliss-reactive ketones (excluding diaryl/α,β-unsaturated/α-hetero) is 1. The summed E-state index contributed by atoms with van der Waals surface area (Å²) in [6.07, 6.45) is 2.29. The molecule has 0 aliphatic carbocycles. The third kappa shape index (κ3) is 5.67. The maximum atomic E-state index is 12.3. The molecule has 0 saturated carbocycles. The average Bonchev–Trinajstić information content (AvgIpc) is 2.44. The lowest BCUT2D eigenvalue weighted by Gasteiger charge is -2.46. The van der Waals surface area contributed by atoms with Gasteiger partial charge >= 0.3 is 0 Å². The van der Waals surface area contributed by atoms with Crippen LogP contribution in [0.2, 0.25) is 0 Å². The van der Waals surface area contributed by atoms with Crippen molar-refractivity contribution in [3.05, 3.63) is 34.9 Å². The van der Waals surface area contributed by atoms with E-state index in [-0.39, 0.29) is 41.7 Å². The van der Waals surface area contributed by atoms with Crippen LogP contribution in [0.4, 0.5) is 0 Å².